The van der Waals surface area contributed by atoms with E-state index in [9.17, 15) is 10.5 Å². The first-order valence-corrected chi connectivity index (χ1v) is 30.4. The quantitative estimate of drug-likeness (QED) is 0.166. The third-order valence-corrected chi connectivity index (χ3v) is 19.8. The highest BCUT2D eigenvalue weighted by molar-refractivity contribution is 7.26. The van der Waals surface area contributed by atoms with Gasteiger partial charge < -0.3 is 22.8 Å². The van der Waals surface area contributed by atoms with Crippen molar-refractivity contribution in [3.63, 3.8) is 0 Å². The van der Waals surface area contributed by atoms with Crippen molar-refractivity contribution < 1.29 is 0 Å². The molecule has 0 saturated carbocycles. The third kappa shape index (κ3) is 6.42. The van der Waals surface area contributed by atoms with Gasteiger partial charge in [-0.3, -0.25) is 0 Å². The fourth-order valence-electron chi connectivity index (χ4n) is 15.1. The van der Waals surface area contributed by atoms with Gasteiger partial charge in [0.15, 0.2) is 0 Å². The molecule has 19 aromatic rings. The Hall–Kier alpha value is -11.9. The maximum atomic E-state index is 13.1. The summed E-state index contributed by atoms with van der Waals surface area (Å²) in [5, 5.41) is 39.1. The molecule has 0 aliphatic rings. The van der Waals surface area contributed by atoms with Crippen LogP contribution in [0.15, 0.2) is 273 Å². The second-order valence-corrected chi connectivity index (χ2v) is 23.9. The topological polar surface area (TPSA) is 72.2 Å². The molecule has 88 heavy (non-hydrogen) atoms. The van der Waals surface area contributed by atoms with Crippen molar-refractivity contribution >= 4 is 141 Å². The molecule has 0 radical (unpaired) electrons. The van der Waals surface area contributed by atoms with E-state index in [1.807, 2.05) is 0 Å². The van der Waals surface area contributed by atoms with Gasteiger partial charge in [-0.05, 0) is 78.4 Å². The first kappa shape index (κ1) is 48.4. The lowest BCUT2D eigenvalue weighted by molar-refractivity contribution is 1.02. The van der Waals surface area contributed by atoms with Crippen LogP contribution in [0.25, 0.3) is 169 Å². The minimum atomic E-state index is 0.408. The Labute approximate surface area is 506 Å². The van der Waals surface area contributed by atoms with Gasteiger partial charge in [-0.15, -0.1) is 11.3 Å². The number of nitrogens with zero attached hydrogens (tertiary/aromatic N) is 7. The van der Waals surface area contributed by atoms with Crippen LogP contribution in [0.1, 0.15) is 11.1 Å². The lowest BCUT2D eigenvalue weighted by Gasteiger charge is -2.27. The summed E-state index contributed by atoms with van der Waals surface area (Å²) in [6.45, 7) is 0. The van der Waals surface area contributed by atoms with Crippen LogP contribution in [-0.4, -0.2) is 22.8 Å². The van der Waals surface area contributed by atoms with Crippen LogP contribution < -0.4 is 0 Å². The van der Waals surface area contributed by atoms with Crippen LogP contribution in [-0.2, 0) is 0 Å². The number of thiophene rings is 1. The summed E-state index contributed by atoms with van der Waals surface area (Å²) in [6, 6.07) is 103. The van der Waals surface area contributed by atoms with E-state index in [2.05, 4.69) is 308 Å². The van der Waals surface area contributed by atoms with Crippen molar-refractivity contribution in [1.29, 1.82) is 10.5 Å². The van der Waals surface area contributed by atoms with Gasteiger partial charge in [-0.25, -0.2) is 0 Å². The predicted molar refractivity (Wildman–Crippen MR) is 366 cm³/mol. The van der Waals surface area contributed by atoms with Crippen LogP contribution >= 0.6 is 11.3 Å². The SMILES string of the molecule is N#Cc1c(-n2c3ccccc3c3ccccc32)c(-n2c3ccccc3c3ccccc32)c(C#N)c(-n2c3cc(-c4cccc5c6ccccc6n(-c6ccccc6)c45)ccc3c3c4sc5ccccc5c4ccc32)c1-n1c2ccccc2c2ccccc21. The summed E-state index contributed by atoms with van der Waals surface area (Å²) in [4.78, 5) is 0. The van der Waals surface area contributed by atoms with Crippen LogP contribution in [0.4, 0.5) is 0 Å². The molecule has 0 atom stereocenters. The van der Waals surface area contributed by atoms with Crippen molar-refractivity contribution in [3.05, 3.63) is 284 Å². The number of para-hydroxylation sites is 9. The summed E-state index contributed by atoms with van der Waals surface area (Å²) >= 11 is 1.80. The molecule has 6 heterocycles. The Bertz CT molecular complexity index is 6180. The third-order valence-electron chi connectivity index (χ3n) is 18.5. The van der Waals surface area contributed by atoms with E-state index in [0.29, 0.717) is 33.9 Å². The van der Waals surface area contributed by atoms with E-state index >= 15 is 0 Å². The molecule has 8 heteroatoms. The first-order valence-electron chi connectivity index (χ1n) is 29.6. The number of rotatable bonds is 6. The number of fused-ring (bicyclic) bond motifs is 19. The van der Waals surface area contributed by atoms with Crippen molar-refractivity contribution in [2.24, 2.45) is 0 Å². The highest BCUT2D eigenvalue weighted by Gasteiger charge is 2.35. The van der Waals surface area contributed by atoms with Gasteiger partial charge in [0.05, 0.1) is 77.9 Å². The molecule has 0 saturated heterocycles. The molecule has 13 aromatic carbocycles. The second kappa shape index (κ2) is 18.3. The highest BCUT2D eigenvalue weighted by Crippen LogP contribution is 2.51. The molecule has 0 bridgehead atoms. The monoisotopic (exact) mass is 1140 g/mol. The lowest BCUT2D eigenvalue weighted by atomic mass is 9.98. The second-order valence-electron chi connectivity index (χ2n) is 22.9. The fraction of sp³-hybridized carbons (Fsp3) is 0. The molecule has 0 aliphatic carbocycles. The molecule has 0 amide bonds. The van der Waals surface area contributed by atoms with E-state index < -0.39 is 0 Å². The van der Waals surface area contributed by atoms with Gasteiger partial charge >= 0.3 is 0 Å². The van der Waals surface area contributed by atoms with Crippen LogP contribution in [0, 0.1) is 22.7 Å². The standard InChI is InChI=1S/C80H45N7S/c81-46-62-76(84-65-34-13-4-23-51(65)52-24-5-14-35-66(52)84)77(85-67-36-15-6-25-53(67)54-26-7-16-37-68(54)85)63(47-82)79(78(62)86-69-38-17-8-27-55(69)56-28-9-18-39-70(56)86)87-71-44-43-60-58-30-11-19-40-73(58)88-80(60)74(71)61-42-41-48(45-72(61)87)50-31-20-32-59-57-29-10-12-33-64(57)83(75(50)59)49-21-2-1-3-22-49/h1-45H. The Kier molecular flexibility index (Phi) is 10.1. The molecule has 406 valence electrons. The fourth-order valence-corrected chi connectivity index (χ4v) is 16.3. The van der Waals surface area contributed by atoms with Gasteiger partial charge in [0.25, 0.3) is 0 Å². The Morgan fingerprint density at radius 2 is 0.648 bits per heavy atom. The van der Waals surface area contributed by atoms with Crippen LogP contribution in [0.2, 0.25) is 0 Å². The Balaban J connectivity index is 1.08. The largest absolute Gasteiger partial charge is 0.309 e. The van der Waals surface area contributed by atoms with Crippen molar-refractivity contribution in [2.45, 2.75) is 0 Å². The van der Waals surface area contributed by atoms with Crippen molar-refractivity contribution in [3.8, 4) is 51.7 Å². The molecule has 7 nitrogen and oxygen atoms in total. The molecular weight excluding hydrogens is 1090 g/mol. The minimum absolute atomic E-state index is 0.408. The highest BCUT2D eigenvalue weighted by atomic mass is 32.1. The summed E-state index contributed by atoms with van der Waals surface area (Å²) < 4.78 is 13.9. The summed E-state index contributed by atoms with van der Waals surface area (Å²) in [5.41, 5.74) is 15.9. The number of aromatic nitrogens is 5. The maximum Gasteiger partial charge on any atom is 0.104 e. The minimum Gasteiger partial charge on any atom is -0.309 e. The van der Waals surface area contributed by atoms with E-state index in [1.54, 1.807) is 11.3 Å². The lowest BCUT2D eigenvalue weighted by Crippen LogP contribution is -2.16. The molecular formula is C80H45N7S. The Morgan fingerprint density at radius 1 is 0.273 bits per heavy atom. The molecule has 6 aromatic heterocycles. The number of nitriles is 2. The van der Waals surface area contributed by atoms with Crippen molar-refractivity contribution in [1.82, 2.24) is 22.8 Å². The predicted octanol–water partition coefficient (Wildman–Crippen LogP) is 21.0. The molecule has 0 fully saturated rings. The zero-order valence-corrected chi connectivity index (χ0v) is 47.8. The zero-order valence-electron chi connectivity index (χ0n) is 47.0. The smallest absolute Gasteiger partial charge is 0.104 e. The van der Waals surface area contributed by atoms with Crippen LogP contribution in [0.3, 0.4) is 0 Å². The number of hydrogen-bond donors (Lipinski definition) is 0. The number of hydrogen-bond acceptors (Lipinski definition) is 3. The Morgan fingerprint density at radius 3 is 1.11 bits per heavy atom. The van der Waals surface area contributed by atoms with Gasteiger partial charge in [-0.2, -0.15) is 10.5 Å². The van der Waals surface area contributed by atoms with Crippen molar-refractivity contribution in [2.75, 3.05) is 0 Å². The summed E-state index contributed by atoms with van der Waals surface area (Å²) in [5.74, 6) is 0. The average Bonchev–Trinajstić information content (AvgIpc) is 1.55. The van der Waals surface area contributed by atoms with Crippen LogP contribution in [0.5, 0.6) is 0 Å². The van der Waals surface area contributed by atoms with E-state index in [4.69, 9.17) is 0 Å². The van der Waals surface area contributed by atoms with Gasteiger partial charge in [0, 0.05) is 85.3 Å². The molecule has 0 spiro atoms. The maximum absolute atomic E-state index is 13.1. The van der Waals surface area contributed by atoms with Gasteiger partial charge in [0.1, 0.15) is 23.3 Å². The molecule has 0 N–H and O–H groups in total. The first-order chi connectivity index (χ1) is 43.7. The molecule has 19 rings (SSSR count). The van der Waals surface area contributed by atoms with E-state index in [0.717, 1.165) is 125 Å². The summed E-state index contributed by atoms with van der Waals surface area (Å²) in [6.07, 6.45) is 0. The van der Waals surface area contributed by atoms with Gasteiger partial charge in [-0.1, -0.05) is 200 Å². The van der Waals surface area contributed by atoms with E-state index in [-0.39, 0.29) is 0 Å². The molecule has 0 aliphatic heterocycles. The number of benzene rings is 13. The summed E-state index contributed by atoms with van der Waals surface area (Å²) in [7, 11) is 0. The van der Waals surface area contributed by atoms with E-state index in [1.165, 1.54) is 20.9 Å². The van der Waals surface area contributed by atoms with Gasteiger partial charge in [0.2, 0.25) is 0 Å². The normalized spacial score (nSPS) is 12.1. The molecule has 0 unspecified atom stereocenters. The zero-order chi connectivity index (χ0) is 57.9. The average molecular weight is 1140 g/mol.